The first-order valence-electron chi connectivity index (χ1n) is 6.24. The van der Waals surface area contributed by atoms with Crippen LogP contribution in [0.15, 0.2) is 24.3 Å². The van der Waals surface area contributed by atoms with Crippen molar-refractivity contribution in [3.63, 3.8) is 0 Å². The van der Waals surface area contributed by atoms with Crippen molar-refractivity contribution < 1.29 is 13.9 Å². The van der Waals surface area contributed by atoms with Gasteiger partial charge < -0.3 is 10.4 Å². The summed E-state index contributed by atoms with van der Waals surface area (Å²) in [6.45, 7) is 3.92. The number of benzene rings is 1. The third kappa shape index (κ3) is 5.56. The van der Waals surface area contributed by atoms with Crippen LogP contribution in [0.1, 0.15) is 24.5 Å². The minimum Gasteiger partial charge on any atom is -0.386 e. The number of halogens is 2. The van der Waals surface area contributed by atoms with Gasteiger partial charge in [-0.15, -0.1) is 0 Å². The van der Waals surface area contributed by atoms with Crippen molar-refractivity contribution in [1.82, 2.24) is 5.32 Å². The van der Waals surface area contributed by atoms with Crippen LogP contribution in [0.25, 0.3) is 0 Å². The van der Waals surface area contributed by atoms with Gasteiger partial charge in [-0.3, -0.25) is 0 Å². The Balaban J connectivity index is 2.27. The van der Waals surface area contributed by atoms with Crippen molar-refractivity contribution in [3.05, 3.63) is 35.4 Å². The van der Waals surface area contributed by atoms with Gasteiger partial charge in [0.1, 0.15) is 6.10 Å². The molecule has 4 heteroatoms. The average molecular weight is 257 g/mol. The summed E-state index contributed by atoms with van der Waals surface area (Å²) in [4.78, 5) is 0. The van der Waals surface area contributed by atoms with Gasteiger partial charge in [0.2, 0.25) is 0 Å². The molecule has 1 rings (SSSR count). The highest BCUT2D eigenvalue weighted by molar-refractivity contribution is 5.22. The molecule has 0 spiro atoms. The minimum atomic E-state index is -2.68. The standard InChI is InChI=1S/C14H21F2NO/c1-10-4-3-5-12(8-10)7-6-11(2)17-9-13(18)14(15)16/h3-5,8,11,13-14,17-18H,6-7,9H2,1-2H3. The van der Waals surface area contributed by atoms with E-state index in [1.165, 1.54) is 11.1 Å². The molecule has 0 aliphatic carbocycles. The third-order valence-corrected chi connectivity index (χ3v) is 2.91. The summed E-state index contributed by atoms with van der Waals surface area (Å²) in [5, 5.41) is 11.9. The first-order chi connectivity index (χ1) is 8.49. The van der Waals surface area contributed by atoms with E-state index >= 15 is 0 Å². The molecule has 0 aliphatic heterocycles. The molecule has 0 bridgehead atoms. The smallest absolute Gasteiger partial charge is 0.265 e. The lowest BCUT2D eigenvalue weighted by molar-refractivity contribution is -0.00445. The van der Waals surface area contributed by atoms with Crippen molar-refractivity contribution in [2.75, 3.05) is 6.54 Å². The Kier molecular flexibility index (Phi) is 6.22. The van der Waals surface area contributed by atoms with Crippen LogP contribution in [0.2, 0.25) is 0 Å². The Hall–Kier alpha value is -1.00. The van der Waals surface area contributed by atoms with E-state index in [4.69, 9.17) is 5.11 Å². The van der Waals surface area contributed by atoms with Gasteiger partial charge in [0.05, 0.1) is 0 Å². The molecule has 0 saturated heterocycles. The second-order valence-corrected chi connectivity index (χ2v) is 4.74. The maximum absolute atomic E-state index is 12.1. The van der Waals surface area contributed by atoms with E-state index in [0.717, 1.165) is 12.8 Å². The molecule has 0 amide bonds. The summed E-state index contributed by atoms with van der Waals surface area (Å²) in [5.41, 5.74) is 2.47. The fourth-order valence-electron chi connectivity index (χ4n) is 1.76. The van der Waals surface area contributed by atoms with E-state index in [2.05, 4.69) is 17.4 Å². The summed E-state index contributed by atoms with van der Waals surface area (Å²) in [7, 11) is 0. The molecule has 0 saturated carbocycles. The van der Waals surface area contributed by atoms with Gasteiger partial charge in [-0.1, -0.05) is 29.8 Å². The lowest BCUT2D eigenvalue weighted by Crippen LogP contribution is -2.37. The number of hydrogen-bond donors (Lipinski definition) is 2. The maximum Gasteiger partial charge on any atom is 0.265 e. The molecule has 0 fully saturated rings. The van der Waals surface area contributed by atoms with Crippen LogP contribution in [0.4, 0.5) is 8.78 Å². The van der Waals surface area contributed by atoms with Crippen molar-refractivity contribution in [3.8, 4) is 0 Å². The zero-order chi connectivity index (χ0) is 13.5. The first-order valence-corrected chi connectivity index (χ1v) is 6.24. The van der Waals surface area contributed by atoms with E-state index in [1.54, 1.807) is 0 Å². The molecular formula is C14H21F2NO. The number of alkyl halides is 2. The number of aryl methyl sites for hydroxylation is 2. The number of nitrogens with one attached hydrogen (secondary N) is 1. The van der Waals surface area contributed by atoms with E-state index in [1.807, 2.05) is 26.0 Å². The quantitative estimate of drug-likeness (QED) is 0.786. The molecule has 0 radical (unpaired) electrons. The van der Waals surface area contributed by atoms with Crippen molar-refractivity contribution >= 4 is 0 Å². The molecule has 1 aromatic rings. The van der Waals surface area contributed by atoms with E-state index < -0.39 is 12.5 Å². The summed E-state index contributed by atoms with van der Waals surface area (Å²) in [5.74, 6) is 0. The van der Waals surface area contributed by atoms with Crippen LogP contribution in [0.5, 0.6) is 0 Å². The van der Waals surface area contributed by atoms with E-state index in [9.17, 15) is 8.78 Å². The summed E-state index contributed by atoms with van der Waals surface area (Å²) in [6, 6.07) is 8.36. The Morgan fingerprint density at radius 1 is 1.33 bits per heavy atom. The van der Waals surface area contributed by atoms with Crippen molar-refractivity contribution in [1.29, 1.82) is 0 Å². The predicted octanol–water partition coefficient (Wildman–Crippen LogP) is 2.53. The Morgan fingerprint density at radius 3 is 2.67 bits per heavy atom. The van der Waals surface area contributed by atoms with Crippen LogP contribution in [0, 0.1) is 6.92 Å². The minimum absolute atomic E-state index is 0.0628. The molecule has 2 N–H and O–H groups in total. The molecule has 2 unspecified atom stereocenters. The lowest BCUT2D eigenvalue weighted by atomic mass is 10.0. The van der Waals surface area contributed by atoms with Crippen molar-refractivity contribution in [2.45, 2.75) is 45.3 Å². The topological polar surface area (TPSA) is 32.3 Å². The predicted molar refractivity (Wildman–Crippen MR) is 69.0 cm³/mol. The Bertz CT molecular complexity index is 357. The molecule has 0 aliphatic rings. The van der Waals surface area contributed by atoms with E-state index in [-0.39, 0.29) is 12.6 Å². The van der Waals surface area contributed by atoms with Crippen LogP contribution >= 0.6 is 0 Å². The second kappa shape index (κ2) is 7.44. The van der Waals surface area contributed by atoms with Crippen LogP contribution in [-0.4, -0.2) is 30.2 Å². The average Bonchev–Trinajstić information content (AvgIpc) is 2.33. The molecule has 18 heavy (non-hydrogen) atoms. The Morgan fingerprint density at radius 2 is 2.06 bits per heavy atom. The largest absolute Gasteiger partial charge is 0.386 e. The molecule has 102 valence electrons. The normalized spacial score (nSPS) is 14.8. The first kappa shape index (κ1) is 15.1. The zero-order valence-electron chi connectivity index (χ0n) is 10.9. The fraction of sp³-hybridized carbons (Fsp3) is 0.571. The molecule has 2 nitrogen and oxygen atoms in total. The number of hydrogen-bond acceptors (Lipinski definition) is 2. The van der Waals surface area contributed by atoms with Crippen LogP contribution in [0.3, 0.4) is 0 Å². The van der Waals surface area contributed by atoms with Gasteiger partial charge in [-0.2, -0.15) is 0 Å². The van der Waals surface area contributed by atoms with Gasteiger partial charge in [0.15, 0.2) is 0 Å². The monoisotopic (exact) mass is 257 g/mol. The highest BCUT2D eigenvalue weighted by atomic mass is 19.3. The highest BCUT2D eigenvalue weighted by Gasteiger charge is 2.16. The van der Waals surface area contributed by atoms with Crippen LogP contribution < -0.4 is 5.32 Å². The number of rotatable bonds is 7. The lowest BCUT2D eigenvalue weighted by Gasteiger charge is -2.16. The molecule has 0 heterocycles. The fourth-order valence-corrected chi connectivity index (χ4v) is 1.76. The van der Waals surface area contributed by atoms with Crippen molar-refractivity contribution in [2.24, 2.45) is 0 Å². The maximum atomic E-state index is 12.1. The van der Waals surface area contributed by atoms with Gasteiger partial charge >= 0.3 is 0 Å². The van der Waals surface area contributed by atoms with E-state index in [0.29, 0.717) is 0 Å². The molecular weight excluding hydrogens is 236 g/mol. The second-order valence-electron chi connectivity index (χ2n) is 4.74. The van der Waals surface area contributed by atoms with Gasteiger partial charge in [0, 0.05) is 12.6 Å². The SMILES string of the molecule is Cc1cccc(CCC(C)NCC(O)C(F)F)c1. The number of aliphatic hydroxyl groups excluding tert-OH is 1. The highest BCUT2D eigenvalue weighted by Crippen LogP contribution is 2.08. The molecule has 2 atom stereocenters. The van der Waals surface area contributed by atoms with Gasteiger partial charge in [-0.05, 0) is 32.3 Å². The summed E-state index contributed by atoms with van der Waals surface area (Å²) < 4.78 is 24.2. The third-order valence-electron chi connectivity index (χ3n) is 2.91. The van der Waals surface area contributed by atoms with Gasteiger partial charge in [0.25, 0.3) is 6.43 Å². The van der Waals surface area contributed by atoms with Crippen LogP contribution in [-0.2, 0) is 6.42 Å². The zero-order valence-corrected chi connectivity index (χ0v) is 10.9. The Labute approximate surface area is 107 Å². The van der Waals surface area contributed by atoms with Gasteiger partial charge in [-0.25, -0.2) is 8.78 Å². The summed E-state index contributed by atoms with van der Waals surface area (Å²) in [6.07, 6.45) is -2.49. The molecule has 0 aromatic heterocycles. The molecule has 1 aromatic carbocycles. The summed E-state index contributed by atoms with van der Waals surface area (Å²) >= 11 is 0. The number of aliphatic hydroxyl groups is 1.